The van der Waals surface area contributed by atoms with Crippen LogP contribution < -0.4 is 5.32 Å². The van der Waals surface area contributed by atoms with E-state index in [-0.39, 0.29) is 17.9 Å². The molecule has 2 aromatic rings. The maximum absolute atomic E-state index is 11.2. The minimum Gasteiger partial charge on any atom is -0.379 e. The molecule has 27 heavy (non-hydrogen) atoms. The number of sulfone groups is 1. The third-order valence-corrected chi connectivity index (χ3v) is 5.48. The monoisotopic (exact) mass is 396 g/mol. The highest BCUT2D eigenvalue weighted by atomic mass is 32.2. The van der Waals surface area contributed by atoms with Crippen molar-refractivity contribution in [2.24, 2.45) is 0 Å². The summed E-state index contributed by atoms with van der Waals surface area (Å²) in [6, 6.07) is 0.0824. The molecule has 0 bridgehead atoms. The molecule has 3 rings (SSSR count). The fourth-order valence-corrected chi connectivity index (χ4v) is 3.71. The van der Waals surface area contributed by atoms with Crippen LogP contribution in [0.1, 0.15) is 29.6 Å². The first-order valence-corrected chi connectivity index (χ1v) is 10.9. The Morgan fingerprint density at radius 3 is 2.96 bits per heavy atom. The molecule has 2 atom stereocenters. The van der Waals surface area contributed by atoms with Crippen LogP contribution in [-0.2, 0) is 19.3 Å². The molecule has 1 saturated heterocycles. The van der Waals surface area contributed by atoms with Crippen molar-refractivity contribution < 1.29 is 22.7 Å². The number of nitrogens with one attached hydrogen (secondary N) is 2. The van der Waals surface area contributed by atoms with E-state index in [4.69, 9.17) is 9.47 Å². The number of carbonyl (C=O) groups excluding carboxylic acids is 1. The zero-order valence-electron chi connectivity index (χ0n) is 15.2. The maximum atomic E-state index is 11.2. The largest absolute Gasteiger partial charge is 0.379 e. The second kappa shape index (κ2) is 8.77. The van der Waals surface area contributed by atoms with Gasteiger partial charge in [-0.2, -0.15) is 0 Å². The van der Waals surface area contributed by atoms with E-state index in [2.05, 4.69) is 20.3 Å². The molecule has 2 aromatic heterocycles. The van der Waals surface area contributed by atoms with Gasteiger partial charge in [0.15, 0.2) is 6.29 Å². The van der Waals surface area contributed by atoms with Crippen LogP contribution >= 0.6 is 0 Å². The average molecular weight is 396 g/mol. The predicted octanol–water partition coefficient (Wildman–Crippen LogP) is 1.18. The van der Waals surface area contributed by atoms with Crippen LogP contribution in [0.25, 0.3) is 11.0 Å². The smallest absolute Gasteiger partial charge is 0.152 e. The van der Waals surface area contributed by atoms with Gasteiger partial charge in [0.2, 0.25) is 0 Å². The van der Waals surface area contributed by atoms with Crippen molar-refractivity contribution in [3.63, 3.8) is 0 Å². The number of anilines is 1. The topological polar surface area (TPSA) is 123 Å². The zero-order valence-corrected chi connectivity index (χ0v) is 16.0. The van der Waals surface area contributed by atoms with Crippen molar-refractivity contribution >= 4 is 33.0 Å². The fraction of sp³-hybridized carbons (Fsp3) is 0.588. The van der Waals surface area contributed by atoms with Gasteiger partial charge in [0.25, 0.3) is 0 Å². The molecule has 9 nitrogen and oxygen atoms in total. The third-order valence-electron chi connectivity index (χ3n) is 4.45. The normalized spacial score (nSPS) is 20.6. The van der Waals surface area contributed by atoms with Crippen LogP contribution in [0.4, 0.5) is 5.82 Å². The zero-order chi connectivity index (χ0) is 19.3. The number of aromatic nitrogens is 3. The highest BCUT2D eigenvalue weighted by molar-refractivity contribution is 7.90. The van der Waals surface area contributed by atoms with Crippen molar-refractivity contribution in [3.05, 3.63) is 18.1 Å². The summed E-state index contributed by atoms with van der Waals surface area (Å²) in [5.41, 5.74) is 1.14. The van der Waals surface area contributed by atoms with Crippen molar-refractivity contribution in [2.45, 2.75) is 31.4 Å². The van der Waals surface area contributed by atoms with E-state index < -0.39 is 9.84 Å². The molecule has 0 unspecified atom stereocenters. The Hall–Kier alpha value is -2.04. The summed E-state index contributed by atoms with van der Waals surface area (Å²) < 4.78 is 33.5. The van der Waals surface area contributed by atoms with Crippen LogP contribution in [0, 0.1) is 0 Å². The number of hydrogen-bond donors (Lipinski definition) is 2. The average Bonchev–Trinajstić information content (AvgIpc) is 3.06. The molecular weight excluding hydrogens is 372 g/mol. The number of nitrogens with zero attached hydrogens (tertiary/aromatic N) is 2. The lowest BCUT2D eigenvalue weighted by atomic mass is 10.1. The first kappa shape index (κ1) is 19.7. The number of ether oxygens (including phenoxy) is 2. The number of H-pyrrole nitrogens is 1. The van der Waals surface area contributed by atoms with E-state index in [1.54, 1.807) is 6.20 Å². The van der Waals surface area contributed by atoms with E-state index in [9.17, 15) is 13.2 Å². The van der Waals surface area contributed by atoms with Gasteiger partial charge in [-0.3, -0.25) is 4.79 Å². The molecule has 0 saturated carbocycles. The standard InChI is InChI=1S/C17H24N4O5S/c1-27(23,24)6-2-5-25-10-14-4-3-13(9-26-14)21-17-15-12(8-22)7-18-16(15)19-11-20-17/h7-8,11,13-14H,2-6,9-10H2,1H3,(H2,18,19,20,21)/t13-,14+/m1/s1. The Bertz CT molecular complexity index is 875. The lowest BCUT2D eigenvalue weighted by Gasteiger charge is -2.30. The SMILES string of the molecule is CS(=O)(=O)CCCOC[C@@H]1CC[C@@H](Nc2ncnc3[nH]cc(C=O)c23)CO1. The van der Waals surface area contributed by atoms with Crippen LogP contribution in [0.15, 0.2) is 12.5 Å². The van der Waals surface area contributed by atoms with Gasteiger partial charge in [0, 0.05) is 24.6 Å². The minimum atomic E-state index is -2.94. The highest BCUT2D eigenvalue weighted by Crippen LogP contribution is 2.24. The molecule has 2 N–H and O–H groups in total. The van der Waals surface area contributed by atoms with Gasteiger partial charge in [0.05, 0.1) is 36.5 Å². The van der Waals surface area contributed by atoms with E-state index >= 15 is 0 Å². The second-order valence-electron chi connectivity index (χ2n) is 6.74. The summed E-state index contributed by atoms with van der Waals surface area (Å²) in [5, 5.41) is 4.02. The number of rotatable bonds is 9. The van der Waals surface area contributed by atoms with Crippen molar-refractivity contribution in [3.8, 4) is 0 Å². The van der Waals surface area contributed by atoms with Crippen molar-refractivity contribution in [1.29, 1.82) is 0 Å². The minimum absolute atomic E-state index is 0.00416. The second-order valence-corrected chi connectivity index (χ2v) is 9.00. The van der Waals surface area contributed by atoms with Crippen LogP contribution in [0.5, 0.6) is 0 Å². The third kappa shape index (κ3) is 5.47. The number of aldehydes is 1. The van der Waals surface area contributed by atoms with E-state index in [1.165, 1.54) is 12.6 Å². The summed E-state index contributed by atoms with van der Waals surface area (Å²) in [7, 11) is -2.94. The first-order valence-electron chi connectivity index (χ1n) is 8.87. The van der Waals surface area contributed by atoms with E-state index in [0.717, 1.165) is 19.1 Å². The fourth-order valence-electron chi connectivity index (χ4n) is 3.07. The van der Waals surface area contributed by atoms with Gasteiger partial charge in [0.1, 0.15) is 27.6 Å². The summed E-state index contributed by atoms with van der Waals surface area (Å²) in [6.07, 6.45) is 7.27. The Kier molecular flexibility index (Phi) is 6.40. The molecule has 148 valence electrons. The van der Waals surface area contributed by atoms with Gasteiger partial charge < -0.3 is 19.8 Å². The molecule has 1 aliphatic rings. The molecular formula is C17H24N4O5S. The molecule has 0 aliphatic carbocycles. The summed E-state index contributed by atoms with van der Waals surface area (Å²) in [5.74, 6) is 0.757. The number of carbonyl (C=O) groups is 1. The van der Waals surface area contributed by atoms with Crippen molar-refractivity contribution in [1.82, 2.24) is 15.0 Å². The Labute approximate surface area is 157 Å². The van der Waals surface area contributed by atoms with Crippen molar-refractivity contribution in [2.75, 3.05) is 37.1 Å². The van der Waals surface area contributed by atoms with Crippen LogP contribution in [0.3, 0.4) is 0 Å². The molecule has 1 aliphatic heterocycles. The van der Waals surface area contributed by atoms with Gasteiger partial charge in [-0.1, -0.05) is 0 Å². The predicted molar refractivity (Wildman–Crippen MR) is 101 cm³/mol. The lowest BCUT2D eigenvalue weighted by Crippen LogP contribution is -2.37. The summed E-state index contributed by atoms with van der Waals surface area (Å²) in [6.45, 7) is 1.38. The van der Waals surface area contributed by atoms with E-state index in [1.807, 2.05) is 0 Å². The van der Waals surface area contributed by atoms with Gasteiger partial charge >= 0.3 is 0 Å². The maximum Gasteiger partial charge on any atom is 0.152 e. The Morgan fingerprint density at radius 1 is 1.41 bits per heavy atom. The molecule has 0 radical (unpaired) electrons. The molecule has 3 heterocycles. The molecule has 1 fully saturated rings. The van der Waals surface area contributed by atoms with Gasteiger partial charge in [-0.15, -0.1) is 0 Å². The molecule has 0 aromatic carbocycles. The molecule has 0 spiro atoms. The highest BCUT2D eigenvalue weighted by Gasteiger charge is 2.23. The van der Waals surface area contributed by atoms with Crippen LogP contribution in [0.2, 0.25) is 0 Å². The molecule has 10 heteroatoms. The van der Waals surface area contributed by atoms with E-state index in [0.29, 0.717) is 48.7 Å². The van der Waals surface area contributed by atoms with Gasteiger partial charge in [-0.25, -0.2) is 18.4 Å². The Morgan fingerprint density at radius 2 is 2.26 bits per heavy atom. The van der Waals surface area contributed by atoms with Gasteiger partial charge in [-0.05, 0) is 19.3 Å². The number of hydrogen-bond acceptors (Lipinski definition) is 8. The number of fused-ring (bicyclic) bond motifs is 1. The summed E-state index contributed by atoms with van der Waals surface area (Å²) in [4.78, 5) is 22.5. The summed E-state index contributed by atoms with van der Waals surface area (Å²) >= 11 is 0. The van der Waals surface area contributed by atoms with Crippen LogP contribution in [-0.4, -0.2) is 73.6 Å². The molecule has 0 amide bonds. The quantitative estimate of drug-likeness (QED) is 0.478. The lowest BCUT2D eigenvalue weighted by molar-refractivity contribution is -0.0443. The Balaban J connectivity index is 1.45. The first-order chi connectivity index (χ1) is 13.0. The number of aromatic amines is 1.